The van der Waals surface area contributed by atoms with Crippen molar-refractivity contribution in [2.24, 2.45) is 0 Å². The molecule has 0 atom stereocenters. The van der Waals surface area contributed by atoms with Crippen molar-refractivity contribution in [3.05, 3.63) is 83.2 Å². The van der Waals surface area contributed by atoms with Crippen LogP contribution in [-0.2, 0) is 10.0 Å². The number of sulfonamides is 1. The van der Waals surface area contributed by atoms with Crippen LogP contribution in [0.3, 0.4) is 0 Å². The van der Waals surface area contributed by atoms with E-state index >= 15 is 0 Å². The molecule has 28 heavy (non-hydrogen) atoms. The summed E-state index contributed by atoms with van der Waals surface area (Å²) in [7, 11) is -3.82. The molecule has 7 heteroatoms. The van der Waals surface area contributed by atoms with E-state index in [9.17, 15) is 13.2 Å². The largest absolute Gasteiger partial charge is 0.321 e. The molecule has 0 fully saturated rings. The number of anilines is 2. The average molecular weight is 395 g/mol. The first-order valence-corrected chi connectivity index (χ1v) is 10.2. The maximum absolute atomic E-state index is 12.9. The summed E-state index contributed by atoms with van der Waals surface area (Å²) < 4.78 is 28.5. The van der Waals surface area contributed by atoms with Crippen LogP contribution in [0.4, 0.5) is 11.4 Å². The Kier molecular flexibility index (Phi) is 5.46. The van der Waals surface area contributed by atoms with E-state index in [1.807, 2.05) is 26.0 Å². The average Bonchev–Trinajstić information content (AvgIpc) is 2.66. The Morgan fingerprint density at radius 1 is 0.929 bits per heavy atom. The lowest BCUT2D eigenvalue weighted by Gasteiger charge is -2.14. The van der Waals surface area contributed by atoms with Gasteiger partial charge in [0, 0.05) is 11.9 Å². The molecule has 2 aromatic carbocycles. The minimum absolute atomic E-state index is 0.103. The lowest BCUT2D eigenvalue weighted by atomic mass is 10.1. The number of pyridine rings is 1. The zero-order valence-corrected chi connectivity index (χ0v) is 16.7. The summed E-state index contributed by atoms with van der Waals surface area (Å²) in [5, 5.41) is 2.69. The van der Waals surface area contributed by atoms with Crippen LogP contribution in [0.2, 0.25) is 0 Å². The number of carbonyl (C=O) groups excluding carboxylic acids is 1. The van der Waals surface area contributed by atoms with E-state index in [0.29, 0.717) is 16.9 Å². The van der Waals surface area contributed by atoms with Gasteiger partial charge in [-0.15, -0.1) is 0 Å². The summed E-state index contributed by atoms with van der Waals surface area (Å²) in [6, 6.07) is 15.3. The molecular formula is C21H21N3O3S. The van der Waals surface area contributed by atoms with Gasteiger partial charge in [0.1, 0.15) is 5.69 Å². The third-order valence-corrected chi connectivity index (χ3v) is 5.77. The van der Waals surface area contributed by atoms with E-state index in [2.05, 4.69) is 15.0 Å². The van der Waals surface area contributed by atoms with Crippen molar-refractivity contribution >= 4 is 27.3 Å². The van der Waals surface area contributed by atoms with Gasteiger partial charge in [-0.3, -0.25) is 14.5 Å². The zero-order chi connectivity index (χ0) is 20.3. The van der Waals surface area contributed by atoms with Gasteiger partial charge in [0.15, 0.2) is 0 Å². The predicted molar refractivity (Wildman–Crippen MR) is 110 cm³/mol. The monoisotopic (exact) mass is 395 g/mol. The molecule has 144 valence electrons. The van der Waals surface area contributed by atoms with Gasteiger partial charge in [-0.1, -0.05) is 29.8 Å². The SMILES string of the molecule is Cc1ccc(NS(=O)(=O)c2cc(NC(=O)c3ccccn3)ccc2C)c(C)c1. The number of benzene rings is 2. The van der Waals surface area contributed by atoms with Gasteiger partial charge < -0.3 is 5.32 Å². The first kappa shape index (κ1) is 19.6. The Bertz CT molecular complexity index is 1130. The molecule has 0 saturated heterocycles. The topological polar surface area (TPSA) is 88.2 Å². The third kappa shape index (κ3) is 4.37. The highest BCUT2D eigenvalue weighted by atomic mass is 32.2. The molecule has 0 aliphatic heterocycles. The minimum Gasteiger partial charge on any atom is -0.321 e. The molecule has 0 saturated carbocycles. The quantitative estimate of drug-likeness (QED) is 0.682. The molecule has 2 N–H and O–H groups in total. The molecule has 1 amide bonds. The number of rotatable bonds is 5. The first-order valence-electron chi connectivity index (χ1n) is 8.69. The number of hydrogen-bond donors (Lipinski definition) is 2. The van der Waals surface area contributed by atoms with Crippen LogP contribution in [-0.4, -0.2) is 19.3 Å². The number of nitrogens with one attached hydrogen (secondary N) is 2. The van der Waals surface area contributed by atoms with Gasteiger partial charge >= 0.3 is 0 Å². The standard InChI is InChI=1S/C21H21N3O3S/c1-14-7-10-18(16(3)12-14)24-28(26,27)20-13-17(9-8-15(20)2)23-21(25)19-6-4-5-11-22-19/h4-13,24H,1-3H3,(H,23,25). The fourth-order valence-electron chi connectivity index (χ4n) is 2.79. The Hall–Kier alpha value is -3.19. The second-order valence-electron chi connectivity index (χ2n) is 6.57. The lowest BCUT2D eigenvalue weighted by Crippen LogP contribution is -2.17. The van der Waals surface area contributed by atoms with E-state index in [4.69, 9.17) is 0 Å². The number of amides is 1. The maximum atomic E-state index is 12.9. The van der Waals surface area contributed by atoms with Gasteiger partial charge in [-0.05, 0) is 62.2 Å². The summed E-state index contributed by atoms with van der Waals surface area (Å²) in [5.41, 5.74) is 3.61. The van der Waals surface area contributed by atoms with Crippen LogP contribution in [0.15, 0.2) is 65.7 Å². The van der Waals surface area contributed by atoms with Gasteiger partial charge in [-0.2, -0.15) is 0 Å². The first-order chi connectivity index (χ1) is 13.3. The highest BCUT2D eigenvalue weighted by molar-refractivity contribution is 7.92. The van der Waals surface area contributed by atoms with Crippen LogP contribution in [0.1, 0.15) is 27.2 Å². The van der Waals surface area contributed by atoms with Crippen molar-refractivity contribution in [1.29, 1.82) is 0 Å². The summed E-state index contributed by atoms with van der Waals surface area (Å²) >= 11 is 0. The Labute approximate surface area is 164 Å². The maximum Gasteiger partial charge on any atom is 0.274 e. The van der Waals surface area contributed by atoms with Crippen molar-refractivity contribution < 1.29 is 13.2 Å². The second-order valence-corrected chi connectivity index (χ2v) is 8.22. The highest BCUT2D eigenvalue weighted by Crippen LogP contribution is 2.25. The van der Waals surface area contributed by atoms with E-state index in [0.717, 1.165) is 11.1 Å². The Morgan fingerprint density at radius 2 is 1.71 bits per heavy atom. The summed E-state index contributed by atoms with van der Waals surface area (Å²) in [6.45, 7) is 5.51. The predicted octanol–water partition coefficient (Wildman–Crippen LogP) is 4.06. The van der Waals surface area contributed by atoms with Crippen molar-refractivity contribution in [2.75, 3.05) is 10.0 Å². The smallest absolute Gasteiger partial charge is 0.274 e. The van der Waals surface area contributed by atoms with Crippen molar-refractivity contribution in [2.45, 2.75) is 25.7 Å². The summed E-state index contributed by atoms with van der Waals surface area (Å²) in [5.74, 6) is -0.407. The van der Waals surface area contributed by atoms with Crippen LogP contribution in [0.25, 0.3) is 0 Å². The normalized spacial score (nSPS) is 11.1. The Morgan fingerprint density at radius 3 is 2.39 bits per heavy atom. The second kappa shape index (κ2) is 7.82. The van der Waals surface area contributed by atoms with Crippen molar-refractivity contribution in [1.82, 2.24) is 4.98 Å². The molecule has 0 bridgehead atoms. The van der Waals surface area contributed by atoms with Crippen LogP contribution in [0, 0.1) is 20.8 Å². The van der Waals surface area contributed by atoms with E-state index in [1.54, 1.807) is 43.3 Å². The molecular weight excluding hydrogens is 374 g/mol. The molecule has 3 aromatic rings. The van der Waals surface area contributed by atoms with Crippen molar-refractivity contribution in [3.8, 4) is 0 Å². The van der Waals surface area contributed by atoms with Crippen LogP contribution in [0.5, 0.6) is 0 Å². The molecule has 1 heterocycles. The minimum atomic E-state index is -3.82. The number of carbonyl (C=O) groups is 1. The van der Waals surface area contributed by atoms with Gasteiger partial charge in [0.25, 0.3) is 15.9 Å². The molecule has 0 unspecified atom stereocenters. The Balaban J connectivity index is 1.89. The molecule has 0 aliphatic carbocycles. The fourth-order valence-corrected chi connectivity index (χ4v) is 4.19. The van der Waals surface area contributed by atoms with E-state index in [-0.39, 0.29) is 10.6 Å². The molecule has 0 spiro atoms. The molecule has 1 aromatic heterocycles. The van der Waals surface area contributed by atoms with Crippen LogP contribution < -0.4 is 10.0 Å². The van der Waals surface area contributed by atoms with Gasteiger partial charge in [0.05, 0.1) is 10.6 Å². The number of aromatic nitrogens is 1. The fraction of sp³-hybridized carbons (Fsp3) is 0.143. The molecule has 6 nitrogen and oxygen atoms in total. The van der Waals surface area contributed by atoms with Crippen LogP contribution >= 0.6 is 0 Å². The molecule has 3 rings (SSSR count). The van der Waals surface area contributed by atoms with Gasteiger partial charge in [-0.25, -0.2) is 8.42 Å². The number of nitrogens with zero attached hydrogens (tertiary/aromatic N) is 1. The molecule has 0 aliphatic rings. The van der Waals surface area contributed by atoms with E-state index in [1.165, 1.54) is 12.3 Å². The zero-order valence-electron chi connectivity index (χ0n) is 15.9. The lowest BCUT2D eigenvalue weighted by molar-refractivity contribution is 0.102. The van der Waals surface area contributed by atoms with E-state index < -0.39 is 15.9 Å². The highest BCUT2D eigenvalue weighted by Gasteiger charge is 2.19. The number of hydrogen-bond acceptors (Lipinski definition) is 4. The van der Waals surface area contributed by atoms with Gasteiger partial charge in [0.2, 0.25) is 0 Å². The molecule has 0 radical (unpaired) electrons. The number of aryl methyl sites for hydroxylation is 3. The summed E-state index contributed by atoms with van der Waals surface area (Å²) in [4.78, 5) is 16.4. The summed E-state index contributed by atoms with van der Waals surface area (Å²) in [6.07, 6.45) is 1.52. The van der Waals surface area contributed by atoms with Crippen molar-refractivity contribution in [3.63, 3.8) is 0 Å². The third-order valence-electron chi connectivity index (χ3n) is 4.26.